The van der Waals surface area contributed by atoms with Crippen molar-refractivity contribution in [1.82, 2.24) is 0 Å². The van der Waals surface area contributed by atoms with Crippen LogP contribution in [0.25, 0.3) is 0 Å². The fourth-order valence-corrected chi connectivity index (χ4v) is 1.03. The van der Waals surface area contributed by atoms with Crippen LogP contribution in [0.2, 0.25) is 0 Å². The van der Waals surface area contributed by atoms with Crippen molar-refractivity contribution in [3.63, 3.8) is 0 Å². The molecule has 0 aromatic rings. The lowest BCUT2D eigenvalue weighted by Gasteiger charge is -2.22. The quantitative estimate of drug-likeness (QED) is 0.494. The molecule has 0 aliphatic rings. The Labute approximate surface area is 72.1 Å². The van der Waals surface area contributed by atoms with E-state index in [1.54, 1.807) is 6.92 Å². The van der Waals surface area contributed by atoms with Crippen LogP contribution in [-0.2, 0) is 14.9 Å². The van der Waals surface area contributed by atoms with Crippen LogP contribution in [0.3, 0.4) is 0 Å². The smallest absolute Gasteiger partial charge is 0.339 e. The third-order valence-electron chi connectivity index (χ3n) is 2.05. The molecule has 0 saturated heterocycles. The van der Waals surface area contributed by atoms with Gasteiger partial charge in [0.15, 0.2) is 0 Å². The number of hydrogen-bond donors (Lipinski definition) is 1. The molecule has 0 amide bonds. The largest absolute Gasteiger partial charge is 0.479 e. The normalized spacial score (nSPS) is 15.6. The average molecular weight is 175 g/mol. The van der Waals surface area contributed by atoms with Gasteiger partial charge in [0.05, 0.1) is 0 Å². The maximum atomic E-state index is 10.7. The second kappa shape index (κ2) is 5.11. The highest BCUT2D eigenvalue weighted by molar-refractivity contribution is 5.77. The van der Waals surface area contributed by atoms with Gasteiger partial charge in [0, 0.05) is 0 Å². The molecule has 12 heavy (non-hydrogen) atoms. The number of carboxylic acids is 1. The lowest BCUT2D eigenvalue weighted by atomic mass is 9.94. The first-order valence-electron chi connectivity index (χ1n) is 4.17. The van der Waals surface area contributed by atoms with Crippen LogP contribution in [0.5, 0.6) is 0 Å². The molecule has 0 aliphatic carbocycles. The van der Waals surface area contributed by atoms with E-state index in [0.29, 0.717) is 12.8 Å². The summed E-state index contributed by atoms with van der Waals surface area (Å²) in [4.78, 5) is 14.5. The van der Waals surface area contributed by atoms with Crippen molar-refractivity contribution < 1.29 is 20.0 Å². The Bertz CT molecular complexity index is 140. The van der Waals surface area contributed by atoms with Crippen molar-refractivity contribution in [1.29, 1.82) is 0 Å². The molecule has 0 bridgehead atoms. The van der Waals surface area contributed by atoms with Crippen LogP contribution in [0.1, 0.15) is 39.5 Å². The third kappa shape index (κ3) is 2.46. The van der Waals surface area contributed by atoms with Gasteiger partial charge >= 0.3 is 5.97 Å². The third-order valence-corrected chi connectivity index (χ3v) is 2.05. The Morgan fingerprint density at radius 3 is 2.33 bits per heavy atom. The highest BCUT2D eigenvalue weighted by atomic mass is 17.1. The second-order valence-corrected chi connectivity index (χ2v) is 2.84. The number of carbonyl (C=O) groups is 1. The highest BCUT2D eigenvalue weighted by Gasteiger charge is 2.38. The lowest BCUT2D eigenvalue weighted by molar-refractivity contribution is -0.367. The molecule has 1 atom stereocenters. The summed E-state index contributed by atoms with van der Waals surface area (Å²) in [6, 6.07) is 0. The van der Waals surface area contributed by atoms with Crippen molar-refractivity contribution in [2.75, 3.05) is 0 Å². The zero-order valence-corrected chi connectivity index (χ0v) is 7.50. The van der Waals surface area contributed by atoms with Crippen LogP contribution >= 0.6 is 0 Å². The minimum Gasteiger partial charge on any atom is -0.479 e. The molecule has 0 rings (SSSR count). The van der Waals surface area contributed by atoms with E-state index >= 15 is 0 Å². The standard InChI is InChI=1S/C8H15O4/c1-3-5-6-8(4-2,12-11)7(9)10/h3-6H2,1-2H3,(H,9,10). The molecule has 0 aromatic carbocycles. The van der Waals surface area contributed by atoms with E-state index in [2.05, 4.69) is 4.89 Å². The van der Waals surface area contributed by atoms with E-state index in [-0.39, 0.29) is 6.42 Å². The Kier molecular flexibility index (Phi) is 4.85. The molecule has 0 spiro atoms. The number of unbranched alkanes of at least 4 members (excludes halogenated alkanes) is 1. The van der Waals surface area contributed by atoms with Gasteiger partial charge in [-0.25, -0.2) is 4.79 Å². The SMILES string of the molecule is CCCCC(CC)(O[O])C(=O)O. The molecule has 1 radical (unpaired) electrons. The molecule has 1 N–H and O–H groups in total. The van der Waals surface area contributed by atoms with Crippen molar-refractivity contribution in [2.24, 2.45) is 0 Å². The number of aliphatic carboxylic acids is 1. The van der Waals surface area contributed by atoms with Crippen LogP contribution in [-0.4, -0.2) is 16.7 Å². The second-order valence-electron chi connectivity index (χ2n) is 2.84. The number of hydrogen-bond acceptors (Lipinski definition) is 2. The Hall–Kier alpha value is -0.610. The summed E-state index contributed by atoms with van der Waals surface area (Å²) in [5.41, 5.74) is -1.50. The van der Waals surface area contributed by atoms with Gasteiger partial charge in [0.1, 0.15) is 0 Å². The van der Waals surface area contributed by atoms with Crippen LogP contribution in [0.4, 0.5) is 0 Å². The summed E-state index contributed by atoms with van der Waals surface area (Å²) in [7, 11) is 0. The molecule has 0 saturated carbocycles. The van der Waals surface area contributed by atoms with E-state index < -0.39 is 11.6 Å². The van der Waals surface area contributed by atoms with Crippen molar-refractivity contribution >= 4 is 5.97 Å². The highest BCUT2D eigenvalue weighted by Crippen LogP contribution is 2.22. The molecule has 0 fully saturated rings. The van der Waals surface area contributed by atoms with Gasteiger partial charge in [-0.05, 0) is 18.1 Å². The van der Waals surface area contributed by atoms with Gasteiger partial charge < -0.3 is 5.11 Å². The zero-order chi connectivity index (χ0) is 9.61. The summed E-state index contributed by atoms with van der Waals surface area (Å²) in [6.45, 7) is 3.58. The van der Waals surface area contributed by atoms with Crippen molar-refractivity contribution in [3.05, 3.63) is 0 Å². The summed E-state index contributed by atoms with van der Waals surface area (Å²) >= 11 is 0. The summed E-state index contributed by atoms with van der Waals surface area (Å²) in [5.74, 6) is -1.16. The Morgan fingerprint density at radius 1 is 1.50 bits per heavy atom. The van der Waals surface area contributed by atoms with Gasteiger partial charge in [-0.15, -0.1) is 0 Å². The van der Waals surface area contributed by atoms with Crippen LogP contribution in [0.15, 0.2) is 0 Å². The minimum absolute atomic E-state index is 0.214. The average Bonchev–Trinajstić information content (AvgIpc) is 2.07. The number of rotatable bonds is 6. The summed E-state index contributed by atoms with van der Waals surface area (Å²) in [6.07, 6.45) is 2.06. The Balaban J connectivity index is 4.25. The van der Waals surface area contributed by atoms with Gasteiger partial charge in [-0.2, -0.15) is 4.89 Å². The topological polar surface area (TPSA) is 66.4 Å². The van der Waals surface area contributed by atoms with Gasteiger partial charge in [-0.3, -0.25) is 0 Å². The van der Waals surface area contributed by atoms with Gasteiger partial charge in [0.2, 0.25) is 5.60 Å². The first-order chi connectivity index (χ1) is 5.63. The van der Waals surface area contributed by atoms with Crippen molar-refractivity contribution in [3.8, 4) is 0 Å². The molecule has 4 nitrogen and oxygen atoms in total. The van der Waals surface area contributed by atoms with E-state index in [4.69, 9.17) is 5.11 Å². The predicted molar refractivity (Wildman–Crippen MR) is 42.0 cm³/mol. The van der Waals surface area contributed by atoms with Crippen LogP contribution in [0, 0.1) is 0 Å². The molecular formula is C8H15O4. The zero-order valence-electron chi connectivity index (χ0n) is 7.50. The molecule has 4 heteroatoms. The first-order valence-corrected chi connectivity index (χ1v) is 4.17. The first kappa shape index (κ1) is 11.4. The fourth-order valence-electron chi connectivity index (χ4n) is 1.03. The summed E-state index contributed by atoms with van der Waals surface area (Å²) < 4.78 is 0. The van der Waals surface area contributed by atoms with E-state index in [0.717, 1.165) is 6.42 Å². The molecule has 0 heterocycles. The monoisotopic (exact) mass is 175 g/mol. The summed E-state index contributed by atoms with van der Waals surface area (Å²) in [5, 5.41) is 19.0. The molecule has 0 aromatic heterocycles. The van der Waals surface area contributed by atoms with Gasteiger partial charge in [0.25, 0.3) is 0 Å². The van der Waals surface area contributed by atoms with E-state index in [9.17, 15) is 10.1 Å². The fraction of sp³-hybridized carbons (Fsp3) is 0.875. The van der Waals surface area contributed by atoms with Crippen molar-refractivity contribution in [2.45, 2.75) is 45.1 Å². The maximum absolute atomic E-state index is 10.7. The maximum Gasteiger partial charge on any atom is 0.339 e. The molecule has 0 aliphatic heterocycles. The predicted octanol–water partition coefficient (Wildman–Crippen LogP) is 1.77. The van der Waals surface area contributed by atoms with E-state index in [1.807, 2.05) is 6.92 Å². The number of carboxylic acid groups (broad SMARTS) is 1. The minimum atomic E-state index is -1.50. The molecule has 71 valence electrons. The lowest BCUT2D eigenvalue weighted by Crippen LogP contribution is -2.39. The molecule has 1 unspecified atom stereocenters. The Morgan fingerprint density at radius 2 is 2.08 bits per heavy atom. The molecular weight excluding hydrogens is 160 g/mol. The van der Waals surface area contributed by atoms with Gasteiger partial charge in [-0.1, -0.05) is 26.7 Å². The van der Waals surface area contributed by atoms with E-state index in [1.165, 1.54) is 0 Å². The van der Waals surface area contributed by atoms with Crippen LogP contribution < -0.4 is 0 Å².